The van der Waals surface area contributed by atoms with Gasteiger partial charge in [0, 0.05) is 6.54 Å². The van der Waals surface area contributed by atoms with Gasteiger partial charge in [-0.25, -0.2) is 9.97 Å². The first kappa shape index (κ1) is 13.2. The number of methoxy groups -OCH3 is 3. The summed E-state index contributed by atoms with van der Waals surface area (Å²) in [6.07, 6.45) is 1.35. The first-order valence-electron chi connectivity index (χ1n) is 4.92. The van der Waals surface area contributed by atoms with E-state index in [-0.39, 0.29) is 12.5 Å². The highest BCUT2D eigenvalue weighted by atomic mass is 16.5. The molecule has 0 aliphatic rings. The third-order valence-corrected chi connectivity index (χ3v) is 2.05. The Balaban J connectivity index is 2.71. The average Bonchev–Trinajstić information content (AvgIpc) is 2.38. The van der Waals surface area contributed by atoms with E-state index in [0.29, 0.717) is 23.9 Å². The Kier molecular flexibility index (Phi) is 5.15. The topological polar surface area (TPSA) is 82.6 Å². The highest BCUT2D eigenvalue weighted by Crippen LogP contribution is 2.22. The van der Waals surface area contributed by atoms with E-state index in [4.69, 9.17) is 9.47 Å². The smallest absolute Gasteiger partial charge is 0.319 e. The molecule has 0 bridgehead atoms. The number of esters is 1. The Morgan fingerprint density at radius 3 is 2.29 bits per heavy atom. The molecule has 0 saturated carbocycles. The summed E-state index contributed by atoms with van der Waals surface area (Å²) in [5.74, 6) is 0.475. The van der Waals surface area contributed by atoms with Crippen LogP contribution in [0.4, 0.5) is 0 Å². The van der Waals surface area contributed by atoms with Crippen LogP contribution >= 0.6 is 0 Å². The van der Waals surface area contributed by atoms with Gasteiger partial charge in [-0.1, -0.05) is 0 Å². The van der Waals surface area contributed by atoms with Crippen molar-refractivity contribution in [3.63, 3.8) is 0 Å². The highest BCUT2D eigenvalue weighted by Gasteiger charge is 2.12. The minimum atomic E-state index is -0.347. The van der Waals surface area contributed by atoms with Gasteiger partial charge in [0.2, 0.25) is 11.8 Å². The lowest BCUT2D eigenvalue weighted by molar-refractivity contribution is -0.139. The Morgan fingerprint density at radius 2 is 1.82 bits per heavy atom. The van der Waals surface area contributed by atoms with Crippen LogP contribution in [-0.2, 0) is 16.1 Å². The van der Waals surface area contributed by atoms with E-state index in [1.165, 1.54) is 27.7 Å². The summed E-state index contributed by atoms with van der Waals surface area (Å²) in [7, 11) is 4.34. The lowest BCUT2D eigenvalue weighted by Crippen LogP contribution is -2.24. The van der Waals surface area contributed by atoms with Gasteiger partial charge >= 0.3 is 5.97 Å². The number of carbonyl (C=O) groups excluding carboxylic acids is 1. The predicted octanol–water partition coefficient (Wildman–Crippen LogP) is -0.244. The third kappa shape index (κ3) is 3.56. The van der Waals surface area contributed by atoms with Crippen molar-refractivity contribution in [2.75, 3.05) is 27.9 Å². The van der Waals surface area contributed by atoms with Crippen molar-refractivity contribution in [3.8, 4) is 11.8 Å². The van der Waals surface area contributed by atoms with Crippen LogP contribution in [0.15, 0.2) is 6.33 Å². The number of hydrogen-bond acceptors (Lipinski definition) is 7. The predicted molar refractivity (Wildman–Crippen MR) is 58.9 cm³/mol. The summed E-state index contributed by atoms with van der Waals surface area (Å²) in [6, 6.07) is 0. The SMILES string of the molecule is COC(=O)CNCc1c(OC)ncnc1OC. The molecule has 1 rings (SSSR count). The van der Waals surface area contributed by atoms with Crippen molar-refractivity contribution in [3.05, 3.63) is 11.9 Å². The van der Waals surface area contributed by atoms with Gasteiger partial charge in [-0.3, -0.25) is 4.79 Å². The molecule has 1 N–H and O–H groups in total. The van der Waals surface area contributed by atoms with E-state index in [0.717, 1.165) is 0 Å². The second-order valence-electron chi connectivity index (χ2n) is 3.05. The Labute approximate surface area is 99.1 Å². The van der Waals surface area contributed by atoms with Crippen LogP contribution < -0.4 is 14.8 Å². The molecule has 0 aromatic carbocycles. The number of hydrogen-bond donors (Lipinski definition) is 1. The molecule has 0 amide bonds. The molecule has 0 radical (unpaired) electrons. The molecule has 0 fully saturated rings. The number of carbonyl (C=O) groups is 1. The monoisotopic (exact) mass is 241 g/mol. The standard InChI is InChI=1S/C10H15N3O4/c1-15-8(14)5-11-4-7-9(16-2)12-6-13-10(7)17-3/h6,11H,4-5H2,1-3H3. The summed E-state index contributed by atoms with van der Waals surface area (Å²) in [4.78, 5) is 18.8. The van der Waals surface area contributed by atoms with Gasteiger partial charge in [0.1, 0.15) is 6.33 Å². The van der Waals surface area contributed by atoms with Crippen molar-refractivity contribution in [1.82, 2.24) is 15.3 Å². The van der Waals surface area contributed by atoms with Crippen LogP contribution in [-0.4, -0.2) is 43.8 Å². The van der Waals surface area contributed by atoms with Crippen molar-refractivity contribution < 1.29 is 19.0 Å². The lowest BCUT2D eigenvalue weighted by atomic mass is 10.3. The van der Waals surface area contributed by atoms with Crippen molar-refractivity contribution in [1.29, 1.82) is 0 Å². The van der Waals surface area contributed by atoms with Gasteiger partial charge in [-0.15, -0.1) is 0 Å². The zero-order valence-corrected chi connectivity index (χ0v) is 10.0. The van der Waals surface area contributed by atoms with E-state index >= 15 is 0 Å². The third-order valence-electron chi connectivity index (χ3n) is 2.05. The largest absolute Gasteiger partial charge is 0.481 e. The van der Waals surface area contributed by atoms with Crippen LogP contribution in [0.1, 0.15) is 5.56 Å². The lowest BCUT2D eigenvalue weighted by Gasteiger charge is -2.10. The van der Waals surface area contributed by atoms with E-state index in [2.05, 4.69) is 20.0 Å². The Bertz CT molecular complexity index is 362. The molecule has 1 aromatic rings. The van der Waals surface area contributed by atoms with E-state index in [1.807, 2.05) is 0 Å². The first-order chi connectivity index (χ1) is 8.22. The number of nitrogens with zero attached hydrogens (tertiary/aromatic N) is 2. The fourth-order valence-corrected chi connectivity index (χ4v) is 1.25. The maximum Gasteiger partial charge on any atom is 0.319 e. The molecule has 0 aliphatic carbocycles. The molecular formula is C10H15N3O4. The molecule has 0 atom stereocenters. The van der Waals surface area contributed by atoms with Crippen LogP contribution in [0.2, 0.25) is 0 Å². The van der Waals surface area contributed by atoms with Gasteiger partial charge in [0.05, 0.1) is 33.4 Å². The highest BCUT2D eigenvalue weighted by molar-refractivity contribution is 5.71. The molecule has 17 heavy (non-hydrogen) atoms. The number of nitrogens with one attached hydrogen (secondary N) is 1. The molecule has 1 aromatic heterocycles. The van der Waals surface area contributed by atoms with Crippen molar-refractivity contribution in [2.45, 2.75) is 6.54 Å². The quantitative estimate of drug-likeness (QED) is 0.688. The van der Waals surface area contributed by atoms with Crippen molar-refractivity contribution >= 4 is 5.97 Å². The van der Waals surface area contributed by atoms with Gasteiger partial charge in [-0.2, -0.15) is 0 Å². The van der Waals surface area contributed by atoms with E-state index in [9.17, 15) is 4.79 Å². The normalized spacial score (nSPS) is 9.82. The fraction of sp³-hybridized carbons (Fsp3) is 0.500. The summed E-state index contributed by atoms with van der Waals surface area (Å²) >= 11 is 0. The minimum absolute atomic E-state index is 0.0949. The summed E-state index contributed by atoms with van der Waals surface area (Å²) in [5.41, 5.74) is 0.654. The molecule has 94 valence electrons. The van der Waals surface area contributed by atoms with Gasteiger partial charge in [-0.05, 0) is 0 Å². The Hall–Kier alpha value is -1.89. The van der Waals surface area contributed by atoms with E-state index < -0.39 is 0 Å². The van der Waals surface area contributed by atoms with Gasteiger partial charge in [0.15, 0.2) is 0 Å². The molecule has 0 aliphatic heterocycles. The minimum Gasteiger partial charge on any atom is -0.481 e. The zero-order valence-electron chi connectivity index (χ0n) is 10.0. The molecule has 7 nitrogen and oxygen atoms in total. The average molecular weight is 241 g/mol. The Morgan fingerprint density at radius 1 is 1.24 bits per heavy atom. The van der Waals surface area contributed by atoms with Crippen LogP contribution in [0.3, 0.4) is 0 Å². The first-order valence-corrected chi connectivity index (χ1v) is 4.92. The molecule has 7 heteroatoms. The van der Waals surface area contributed by atoms with E-state index in [1.54, 1.807) is 0 Å². The zero-order chi connectivity index (χ0) is 12.7. The van der Waals surface area contributed by atoms with Crippen molar-refractivity contribution in [2.24, 2.45) is 0 Å². The van der Waals surface area contributed by atoms with Crippen LogP contribution in [0.25, 0.3) is 0 Å². The maximum absolute atomic E-state index is 10.9. The number of aromatic nitrogens is 2. The fourth-order valence-electron chi connectivity index (χ4n) is 1.25. The van der Waals surface area contributed by atoms with Gasteiger partial charge < -0.3 is 19.5 Å². The summed E-state index contributed by atoms with van der Waals surface area (Å²) < 4.78 is 14.7. The number of ether oxygens (including phenoxy) is 3. The molecule has 0 unspecified atom stereocenters. The second kappa shape index (κ2) is 6.64. The van der Waals surface area contributed by atoms with Gasteiger partial charge in [0.25, 0.3) is 0 Å². The number of rotatable bonds is 6. The summed E-state index contributed by atoms with van der Waals surface area (Å²) in [6.45, 7) is 0.444. The van der Waals surface area contributed by atoms with Crippen LogP contribution in [0.5, 0.6) is 11.8 Å². The van der Waals surface area contributed by atoms with Crippen LogP contribution in [0, 0.1) is 0 Å². The molecule has 0 saturated heterocycles. The molecule has 1 heterocycles. The maximum atomic E-state index is 10.9. The molecular weight excluding hydrogens is 226 g/mol. The molecule has 0 spiro atoms. The second-order valence-corrected chi connectivity index (χ2v) is 3.05. The summed E-state index contributed by atoms with van der Waals surface area (Å²) in [5, 5.41) is 2.89.